The maximum Gasteiger partial charge on any atom is 0.243 e. The zero-order chi connectivity index (χ0) is 23.5. The molecule has 2 aromatic rings. The number of nitrogens with one attached hydrogen (secondary N) is 1. The first kappa shape index (κ1) is 24.7. The first-order valence-electron chi connectivity index (χ1n) is 10.4. The Labute approximate surface area is 194 Å². The van der Waals surface area contributed by atoms with E-state index in [0.29, 0.717) is 30.8 Å². The van der Waals surface area contributed by atoms with Gasteiger partial charge in [-0.25, -0.2) is 16.8 Å². The van der Waals surface area contributed by atoms with E-state index in [2.05, 4.69) is 5.32 Å². The Bertz CT molecular complexity index is 1160. The molecule has 0 bridgehead atoms. The molecule has 1 fully saturated rings. The molecule has 1 N–H and O–H groups in total. The number of sulfone groups is 1. The van der Waals surface area contributed by atoms with Crippen LogP contribution in [0.5, 0.6) is 0 Å². The van der Waals surface area contributed by atoms with E-state index < -0.39 is 25.8 Å². The van der Waals surface area contributed by atoms with Gasteiger partial charge >= 0.3 is 0 Å². The van der Waals surface area contributed by atoms with Crippen molar-refractivity contribution in [2.24, 2.45) is 5.92 Å². The van der Waals surface area contributed by atoms with Crippen molar-refractivity contribution in [3.63, 3.8) is 0 Å². The maximum absolute atomic E-state index is 13.0. The molecule has 0 saturated carbocycles. The van der Waals surface area contributed by atoms with Crippen molar-refractivity contribution in [2.75, 3.05) is 19.3 Å². The lowest BCUT2D eigenvalue weighted by molar-refractivity contribution is -0.126. The second-order valence-electron chi connectivity index (χ2n) is 7.97. The van der Waals surface area contributed by atoms with Crippen LogP contribution in [-0.4, -0.2) is 46.4 Å². The van der Waals surface area contributed by atoms with E-state index >= 15 is 0 Å². The summed E-state index contributed by atoms with van der Waals surface area (Å²) in [5.74, 6) is -0.671. The lowest BCUT2D eigenvalue weighted by atomic mass is 9.97. The zero-order valence-corrected chi connectivity index (χ0v) is 20.4. The highest BCUT2D eigenvalue weighted by atomic mass is 35.5. The number of amides is 1. The number of carbonyl (C=O) groups excluding carboxylic acids is 1. The summed E-state index contributed by atoms with van der Waals surface area (Å²) in [6, 6.07) is 12.2. The largest absolute Gasteiger partial charge is 0.349 e. The SMILES string of the molecule is CC[C@H](NC(=O)[C@@H]1CCCN(S(=O)(=O)c2ccc(Cl)cc2)C1)c1ccc(S(C)(=O)=O)cc1. The minimum Gasteiger partial charge on any atom is -0.349 e. The second kappa shape index (κ2) is 9.91. The monoisotopic (exact) mass is 498 g/mol. The van der Waals surface area contributed by atoms with Crippen LogP contribution in [0.1, 0.15) is 37.8 Å². The van der Waals surface area contributed by atoms with Gasteiger partial charge in [0.05, 0.1) is 21.8 Å². The van der Waals surface area contributed by atoms with Gasteiger partial charge in [-0.1, -0.05) is 30.7 Å². The van der Waals surface area contributed by atoms with Crippen LogP contribution in [0.3, 0.4) is 0 Å². The number of sulfonamides is 1. The van der Waals surface area contributed by atoms with Gasteiger partial charge in [0.15, 0.2) is 9.84 Å². The summed E-state index contributed by atoms with van der Waals surface area (Å²) in [6.07, 6.45) is 2.95. The van der Waals surface area contributed by atoms with E-state index in [4.69, 9.17) is 11.6 Å². The minimum absolute atomic E-state index is 0.111. The molecular weight excluding hydrogens is 472 g/mol. The average Bonchev–Trinajstić information content (AvgIpc) is 2.77. The van der Waals surface area contributed by atoms with Gasteiger partial charge in [0.1, 0.15) is 0 Å². The third-order valence-electron chi connectivity index (χ3n) is 5.64. The Morgan fingerprint density at radius 3 is 2.22 bits per heavy atom. The van der Waals surface area contributed by atoms with Crippen LogP contribution in [0.15, 0.2) is 58.3 Å². The fourth-order valence-corrected chi connectivity index (χ4v) is 6.07. The highest BCUT2D eigenvalue weighted by Gasteiger charge is 2.34. The molecule has 2 atom stereocenters. The van der Waals surface area contributed by atoms with Crippen LogP contribution in [-0.2, 0) is 24.7 Å². The molecule has 1 aliphatic heterocycles. The van der Waals surface area contributed by atoms with Gasteiger partial charge in [-0.3, -0.25) is 4.79 Å². The Morgan fingerprint density at radius 1 is 1.06 bits per heavy atom. The molecule has 10 heteroatoms. The third-order valence-corrected chi connectivity index (χ3v) is 8.90. The second-order valence-corrected chi connectivity index (χ2v) is 12.4. The zero-order valence-electron chi connectivity index (χ0n) is 18.0. The molecule has 0 radical (unpaired) electrons. The molecule has 32 heavy (non-hydrogen) atoms. The summed E-state index contributed by atoms with van der Waals surface area (Å²) < 4.78 is 50.7. The van der Waals surface area contributed by atoms with E-state index in [0.717, 1.165) is 11.8 Å². The molecule has 0 aromatic heterocycles. The number of halogens is 1. The van der Waals surface area contributed by atoms with Crippen molar-refractivity contribution in [2.45, 2.75) is 42.0 Å². The first-order chi connectivity index (χ1) is 15.0. The Hall–Kier alpha value is -1.94. The Morgan fingerprint density at radius 2 is 1.66 bits per heavy atom. The lowest BCUT2D eigenvalue weighted by Crippen LogP contribution is -2.46. The van der Waals surface area contributed by atoms with Crippen LogP contribution in [0.2, 0.25) is 5.02 Å². The number of hydrogen-bond donors (Lipinski definition) is 1. The molecule has 1 amide bonds. The molecule has 7 nitrogen and oxygen atoms in total. The summed E-state index contributed by atoms with van der Waals surface area (Å²) in [4.78, 5) is 13.3. The molecule has 174 valence electrons. The maximum atomic E-state index is 13.0. The number of nitrogens with zero attached hydrogens (tertiary/aromatic N) is 1. The highest BCUT2D eigenvalue weighted by Crippen LogP contribution is 2.26. The van der Waals surface area contributed by atoms with E-state index in [9.17, 15) is 21.6 Å². The topological polar surface area (TPSA) is 101 Å². The van der Waals surface area contributed by atoms with Crippen LogP contribution < -0.4 is 5.32 Å². The van der Waals surface area contributed by atoms with Crippen LogP contribution in [0.4, 0.5) is 0 Å². The van der Waals surface area contributed by atoms with Crippen molar-refractivity contribution in [3.05, 3.63) is 59.1 Å². The fraction of sp³-hybridized carbons (Fsp3) is 0.409. The van der Waals surface area contributed by atoms with E-state index in [-0.39, 0.29) is 28.3 Å². The Balaban J connectivity index is 1.70. The summed E-state index contributed by atoms with van der Waals surface area (Å²) in [5, 5.41) is 3.46. The van der Waals surface area contributed by atoms with Crippen LogP contribution in [0.25, 0.3) is 0 Å². The van der Waals surface area contributed by atoms with Gasteiger partial charge < -0.3 is 5.32 Å². The van der Waals surface area contributed by atoms with Crippen LogP contribution in [0, 0.1) is 5.92 Å². The third kappa shape index (κ3) is 5.70. The first-order valence-corrected chi connectivity index (χ1v) is 14.1. The number of hydrogen-bond acceptors (Lipinski definition) is 5. The molecule has 0 spiro atoms. The van der Waals surface area contributed by atoms with Gasteiger partial charge in [0.25, 0.3) is 0 Å². The smallest absolute Gasteiger partial charge is 0.243 e. The van der Waals surface area contributed by atoms with Gasteiger partial charge in [-0.15, -0.1) is 0 Å². The molecule has 3 rings (SSSR count). The predicted molar refractivity (Wildman–Crippen MR) is 124 cm³/mol. The van der Waals surface area contributed by atoms with Crippen molar-refractivity contribution in [3.8, 4) is 0 Å². The number of benzene rings is 2. The van der Waals surface area contributed by atoms with Crippen molar-refractivity contribution in [1.82, 2.24) is 9.62 Å². The van der Waals surface area contributed by atoms with E-state index in [1.54, 1.807) is 12.1 Å². The van der Waals surface area contributed by atoms with Gasteiger partial charge in [-0.2, -0.15) is 4.31 Å². The number of rotatable bonds is 7. The molecule has 0 aliphatic carbocycles. The normalized spacial score (nSPS) is 18.8. The minimum atomic E-state index is -3.71. The fourth-order valence-electron chi connectivity index (χ4n) is 3.79. The number of carbonyl (C=O) groups is 1. The summed E-state index contributed by atoms with van der Waals surface area (Å²) in [5.41, 5.74) is 0.801. The van der Waals surface area contributed by atoms with E-state index in [1.165, 1.54) is 40.7 Å². The van der Waals surface area contributed by atoms with E-state index in [1.807, 2.05) is 6.92 Å². The number of piperidine rings is 1. The molecule has 0 unspecified atom stereocenters. The standard InChI is InChI=1S/C22H27ClN2O5S2/c1-3-21(16-6-10-19(11-7-16)31(2,27)28)24-22(26)17-5-4-14-25(15-17)32(29,30)20-12-8-18(23)9-13-20/h6-13,17,21H,3-5,14-15H2,1-2H3,(H,24,26)/t17-,21+/m1/s1. The van der Waals surface area contributed by atoms with Crippen molar-refractivity contribution < 1.29 is 21.6 Å². The van der Waals surface area contributed by atoms with Crippen LogP contribution >= 0.6 is 11.6 Å². The van der Waals surface area contributed by atoms with Crippen molar-refractivity contribution >= 4 is 37.4 Å². The summed E-state index contributed by atoms with van der Waals surface area (Å²) >= 11 is 5.86. The quantitative estimate of drug-likeness (QED) is 0.630. The molecule has 1 saturated heterocycles. The van der Waals surface area contributed by atoms with Gasteiger partial charge in [-0.05, 0) is 61.2 Å². The summed E-state index contributed by atoms with van der Waals surface area (Å²) in [6.45, 7) is 2.40. The lowest BCUT2D eigenvalue weighted by Gasteiger charge is -2.32. The van der Waals surface area contributed by atoms with Gasteiger partial charge in [0, 0.05) is 24.4 Å². The van der Waals surface area contributed by atoms with Gasteiger partial charge in [0.2, 0.25) is 15.9 Å². The highest BCUT2D eigenvalue weighted by molar-refractivity contribution is 7.90. The average molecular weight is 499 g/mol. The molecular formula is C22H27ClN2O5S2. The molecule has 1 aliphatic rings. The predicted octanol–water partition coefficient (Wildman–Crippen LogP) is 3.41. The molecule has 1 heterocycles. The van der Waals surface area contributed by atoms with Crippen molar-refractivity contribution in [1.29, 1.82) is 0 Å². The Kier molecular flexibility index (Phi) is 7.65. The molecule has 2 aromatic carbocycles. The summed E-state index contributed by atoms with van der Waals surface area (Å²) in [7, 11) is -7.01.